The molecule has 2 amide bonds. The summed E-state index contributed by atoms with van der Waals surface area (Å²) in [5.41, 5.74) is 0. The van der Waals surface area contributed by atoms with Gasteiger partial charge in [-0.05, 0) is 12.3 Å². The van der Waals surface area contributed by atoms with Gasteiger partial charge >= 0.3 is 0 Å². The van der Waals surface area contributed by atoms with Crippen molar-refractivity contribution in [1.82, 2.24) is 25.8 Å². The van der Waals surface area contributed by atoms with E-state index in [1.54, 1.807) is 7.05 Å². The normalized spacial score (nSPS) is 12.6. The molecule has 0 aromatic carbocycles. The summed E-state index contributed by atoms with van der Waals surface area (Å²) in [5, 5.41) is 11.8. The minimum absolute atomic E-state index is 0.0614. The van der Waals surface area contributed by atoms with E-state index < -0.39 is 11.9 Å². The van der Waals surface area contributed by atoms with Crippen molar-refractivity contribution in [3.05, 3.63) is 11.6 Å². The lowest BCUT2D eigenvalue weighted by Gasteiger charge is -2.18. The highest BCUT2D eigenvalue weighted by molar-refractivity contribution is 5.94. The molecule has 0 bridgehead atoms. The van der Waals surface area contributed by atoms with Gasteiger partial charge in [0.1, 0.15) is 11.9 Å². The first-order chi connectivity index (χ1) is 9.35. The van der Waals surface area contributed by atoms with Crippen molar-refractivity contribution < 1.29 is 9.59 Å². The first-order valence-corrected chi connectivity index (χ1v) is 6.79. The second-order valence-electron chi connectivity index (χ2n) is 5.47. The van der Waals surface area contributed by atoms with Crippen molar-refractivity contribution in [3.8, 4) is 0 Å². The van der Waals surface area contributed by atoms with E-state index in [2.05, 4.69) is 25.8 Å². The number of likely N-dealkylation sites (N-methyl/N-ethyl adjacent to an activating group) is 1. The molecule has 0 saturated heterocycles. The van der Waals surface area contributed by atoms with Crippen molar-refractivity contribution >= 4 is 11.8 Å². The molecule has 0 saturated carbocycles. The second-order valence-corrected chi connectivity index (χ2v) is 5.47. The Balaban J connectivity index is 2.76. The lowest BCUT2D eigenvalue weighted by molar-refractivity contribution is -0.122. The largest absolute Gasteiger partial charge is 0.357 e. The van der Waals surface area contributed by atoms with Gasteiger partial charge < -0.3 is 10.6 Å². The van der Waals surface area contributed by atoms with Crippen molar-refractivity contribution in [1.29, 1.82) is 0 Å². The summed E-state index contributed by atoms with van der Waals surface area (Å²) < 4.78 is 0. The third-order valence-electron chi connectivity index (χ3n) is 2.83. The zero-order valence-electron chi connectivity index (χ0n) is 12.7. The van der Waals surface area contributed by atoms with E-state index in [4.69, 9.17) is 0 Å². The van der Waals surface area contributed by atoms with Crippen molar-refractivity contribution in [2.24, 2.45) is 5.92 Å². The molecular weight excluding hydrogens is 258 g/mol. The van der Waals surface area contributed by atoms with Gasteiger partial charge in [-0.3, -0.25) is 14.7 Å². The molecule has 0 aliphatic carbocycles. The molecular formula is C13H23N5O2. The number of aromatic amines is 1. The Hall–Kier alpha value is -1.92. The van der Waals surface area contributed by atoms with Crippen LogP contribution in [0.4, 0.5) is 0 Å². The molecule has 0 fully saturated rings. The number of hydrogen-bond donors (Lipinski definition) is 3. The minimum atomic E-state index is -0.575. The van der Waals surface area contributed by atoms with Crippen LogP contribution < -0.4 is 10.6 Å². The molecule has 0 aliphatic heterocycles. The summed E-state index contributed by atoms with van der Waals surface area (Å²) in [6, 6.07) is -0.575. The fourth-order valence-corrected chi connectivity index (χ4v) is 1.73. The fraction of sp³-hybridized carbons (Fsp3) is 0.692. The van der Waals surface area contributed by atoms with Gasteiger partial charge in [-0.2, -0.15) is 0 Å². The third kappa shape index (κ3) is 4.32. The van der Waals surface area contributed by atoms with Gasteiger partial charge in [-0.1, -0.05) is 27.7 Å². The molecule has 0 radical (unpaired) electrons. The van der Waals surface area contributed by atoms with Gasteiger partial charge in [-0.15, -0.1) is 5.10 Å². The summed E-state index contributed by atoms with van der Waals surface area (Å²) in [6.07, 6.45) is 0.562. The molecule has 1 unspecified atom stereocenters. The molecule has 1 aromatic rings. The molecule has 0 spiro atoms. The Morgan fingerprint density at radius 3 is 2.35 bits per heavy atom. The molecule has 0 aliphatic rings. The Labute approximate surface area is 118 Å². The van der Waals surface area contributed by atoms with Crippen LogP contribution in [0.15, 0.2) is 0 Å². The zero-order valence-corrected chi connectivity index (χ0v) is 12.7. The first kappa shape index (κ1) is 16.1. The Morgan fingerprint density at radius 2 is 1.90 bits per heavy atom. The summed E-state index contributed by atoms with van der Waals surface area (Å²) >= 11 is 0. The van der Waals surface area contributed by atoms with E-state index in [0.717, 1.165) is 0 Å². The van der Waals surface area contributed by atoms with E-state index in [-0.39, 0.29) is 23.6 Å². The Morgan fingerprint density at radius 1 is 1.25 bits per heavy atom. The first-order valence-electron chi connectivity index (χ1n) is 6.79. The molecule has 112 valence electrons. The summed E-state index contributed by atoms with van der Waals surface area (Å²) in [4.78, 5) is 27.9. The number of hydrogen-bond acceptors (Lipinski definition) is 4. The van der Waals surface area contributed by atoms with E-state index in [1.807, 2.05) is 27.7 Å². The summed E-state index contributed by atoms with van der Waals surface area (Å²) in [6.45, 7) is 7.89. The highest BCUT2D eigenvalue weighted by atomic mass is 16.2. The monoisotopic (exact) mass is 281 g/mol. The van der Waals surface area contributed by atoms with Crippen LogP contribution in [0, 0.1) is 5.92 Å². The summed E-state index contributed by atoms with van der Waals surface area (Å²) in [5.74, 6) is 0.501. The molecule has 20 heavy (non-hydrogen) atoms. The van der Waals surface area contributed by atoms with Gasteiger partial charge in [0, 0.05) is 13.0 Å². The minimum Gasteiger partial charge on any atom is -0.357 e. The van der Waals surface area contributed by atoms with Crippen LogP contribution in [0.5, 0.6) is 0 Å². The van der Waals surface area contributed by atoms with Crippen LogP contribution in [0.1, 0.15) is 56.5 Å². The molecule has 1 atom stereocenters. The van der Waals surface area contributed by atoms with Gasteiger partial charge in [0.25, 0.3) is 5.91 Å². The highest BCUT2D eigenvalue weighted by Crippen LogP contribution is 2.09. The number of rotatable bonds is 6. The Bertz CT molecular complexity index is 467. The number of aromatic nitrogens is 3. The molecule has 7 heteroatoms. The fourth-order valence-electron chi connectivity index (χ4n) is 1.73. The number of amides is 2. The second kappa shape index (κ2) is 7.02. The van der Waals surface area contributed by atoms with Crippen LogP contribution in [0.25, 0.3) is 0 Å². The van der Waals surface area contributed by atoms with Crippen LogP contribution in [0.3, 0.4) is 0 Å². The van der Waals surface area contributed by atoms with Crippen LogP contribution in [-0.2, 0) is 4.79 Å². The lowest BCUT2D eigenvalue weighted by Crippen LogP contribution is -2.46. The highest BCUT2D eigenvalue weighted by Gasteiger charge is 2.23. The molecule has 1 rings (SSSR count). The van der Waals surface area contributed by atoms with E-state index >= 15 is 0 Å². The predicted octanol–water partition coefficient (Wildman–Crippen LogP) is 0.819. The van der Waals surface area contributed by atoms with Crippen LogP contribution >= 0.6 is 0 Å². The molecule has 3 N–H and O–H groups in total. The zero-order chi connectivity index (χ0) is 15.3. The van der Waals surface area contributed by atoms with Gasteiger partial charge in [0.15, 0.2) is 0 Å². The third-order valence-corrected chi connectivity index (χ3v) is 2.83. The number of nitrogens with one attached hydrogen (secondary N) is 3. The van der Waals surface area contributed by atoms with E-state index in [1.165, 1.54) is 0 Å². The Kier molecular flexibility index (Phi) is 5.66. The quantitative estimate of drug-likeness (QED) is 0.718. The molecule has 1 heterocycles. The van der Waals surface area contributed by atoms with Crippen molar-refractivity contribution in [3.63, 3.8) is 0 Å². The average molecular weight is 281 g/mol. The average Bonchev–Trinajstić information content (AvgIpc) is 2.86. The lowest BCUT2D eigenvalue weighted by atomic mass is 10.0. The van der Waals surface area contributed by atoms with E-state index in [9.17, 15) is 9.59 Å². The number of carbonyl (C=O) groups is 2. The van der Waals surface area contributed by atoms with Crippen molar-refractivity contribution in [2.75, 3.05) is 7.05 Å². The maximum atomic E-state index is 12.1. The maximum Gasteiger partial charge on any atom is 0.291 e. The number of nitrogens with zero attached hydrogens (tertiary/aromatic N) is 2. The maximum absolute atomic E-state index is 12.1. The molecule has 7 nitrogen and oxygen atoms in total. The smallest absolute Gasteiger partial charge is 0.291 e. The molecule has 1 aromatic heterocycles. The standard InChI is InChI=1S/C13H23N5O2/c1-7(2)6-9(12(19)14-5)15-13(20)11-16-10(8(3)4)17-18-11/h7-9H,6H2,1-5H3,(H,14,19)(H,15,20)(H,16,17,18). The number of carbonyl (C=O) groups excluding carboxylic acids is 2. The van der Waals surface area contributed by atoms with Gasteiger partial charge in [0.05, 0.1) is 0 Å². The van der Waals surface area contributed by atoms with Crippen LogP contribution in [-0.4, -0.2) is 40.1 Å². The predicted molar refractivity (Wildman–Crippen MR) is 75.2 cm³/mol. The summed E-state index contributed by atoms with van der Waals surface area (Å²) in [7, 11) is 1.55. The van der Waals surface area contributed by atoms with Crippen molar-refractivity contribution in [2.45, 2.75) is 46.1 Å². The topological polar surface area (TPSA) is 99.8 Å². The van der Waals surface area contributed by atoms with Gasteiger partial charge in [0.2, 0.25) is 11.7 Å². The van der Waals surface area contributed by atoms with Gasteiger partial charge in [-0.25, -0.2) is 4.98 Å². The SMILES string of the molecule is CNC(=O)C(CC(C)C)NC(=O)c1n[nH]c(C(C)C)n1. The van der Waals surface area contributed by atoms with Crippen LogP contribution in [0.2, 0.25) is 0 Å². The number of H-pyrrole nitrogens is 1. The van der Waals surface area contributed by atoms with E-state index in [0.29, 0.717) is 12.2 Å².